The zero-order chi connectivity index (χ0) is 21.0. The molecule has 1 fully saturated rings. The van der Waals surface area contributed by atoms with Gasteiger partial charge < -0.3 is 19.8 Å². The maximum Gasteiger partial charge on any atom is 0.276 e. The van der Waals surface area contributed by atoms with E-state index in [4.69, 9.17) is 15.2 Å². The molecule has 10 heteroatoms. The quantitative estimate of drug-likeness (QED) is 0.668. The van der Waals surface area contributed by atoms with Crippen LogP contribution in [0.3, 0.4) is 0 Å². The van der Waals surface area contributed by atoms with Crippen LogP contribution >= 0.6 is 0 Å². The van der Waals surface area contributed by atoms with Crippen LogP contribution in [0, 0.1) is 12.3 Å². The van der Waals surface area contributed by atoms with E-state index >= 15 is 0 Å². The van der Waals surface area contributed by atoms with E-state index < -0.39 is 5.91 Å². The van der Waals surface area contributed by atoms with Crippen molar-refractivity contribution in [3.8, 4) is 5.75 Å². The number of ether oxygens (including phenoxy) is 2. The molecule has 30 heavy (non-hydrogen) atoms. The molecular formula is C20H22N6O4. The number of amides is 2. The van der Waals surface area contributed by atoms with Gasteiger partial charge in [0.1, 0.15) is 23.6 Å². The van der Waals surface area contributed by atoms with Gasteiger partial charge in [-0.25, -0.2) is 4.98 Å². The molecular weight excluding hydrogens is 388 g/mol. The monoisotopic (exact) mass is 410 g/mol. The van der Waals surface area contributed by atoms with E-state index in [2.05, 4.69) is 15.4 Å². The maximum absolute atomic E-state index is 13.0. The van der Waals surface area contributed by atoms with Crippen LogP contribution in [0.4, 0.5) is 5.95 Å². The van der Waals surface area contributed by atoms with E-state index in [0.717, 1.165) is 11.2 Å². The molecule has 1 spiro atoms. The first-order chi connectivity index (χ1) is 14.4. The second-order valence-electron chi connectivity index (χ2n) is 7.95. The van der Waals surface area contributed by atoms with Crippen molar-refractivity contribution in [3.63, 3.8) is 0 Å². The molecule has 0 bridgehead atoms. The molecule has 5 rings (SSSR count). The fourth-order valence-electron chi connectivity index (χ4n) is 4.04. The molecule has 0 saturated carbocycles. The number of carbonyl (C=O) groups excluding carboxylic acids is 2. The summed E-state index contributed by atoms with van der Waals surface area (Å²) >= 11 is 0. The minimum atomic E-state index is -0.565. The van der Waals surface area contributed by atoms with Crippen LogP contribution in [0.15, 0.2) is 18.2 Å². The highest BCUT2D eigenvalue weighted by molar-refractivity contribution is 6.04. The third kappa shape index (κ3) is 2.83. The SMILES string of the molecule is CCn1nc(C)cc1C(=O)Nc1nc2cc(C(N)=O)cc3c2n1CC1(COC1)CO3. The predicted molar refractivity (Wildman–Crippen MR) is 108 cm³/mol. The van der Waals surface area contributed by atoms with Crippen molar-refractivity contribution in [1.29, 1.82) is 0 Å². The van der Waals surface area contributed by atoms with E-state index in [0.29, 0.717) is 61.4 Å². The van der Waals surface area contributed by atoms with Gasteiger partial charge in [-0.3, -0.25) is 19.6 Å². The molecule has 3 N–H and O–H groups in total. The molecule has 4 heterocycles. The first-order valence-corrected chi connectivity index (χ1v) is 9.79. The summed E-state index contributed by atoms with van der Waals surface area (Å²) in [5.41, 5.74) is 8.06. The number of anilines is 1. The fourth-order valence-corrected chi connectivity index (χ4v) is 4.04. The van der Waals surface area contributed by atoms with Crippen LogP contribution in [-0.2, 0) is 17.8 Å². The van der Waals surface area contributed by atoms with Gasteiger partial charge in [-0.2, -0.15) is 5.10 Å². The second-order valence-corrected chi connectivity index (χ2v) is 7.95. The van der Waals surface area contributed by atoms with Crippen molar-refractivity contribution in [2.75, 3.05) is 25.1 Å². The number of nitrogens with two attached hydrogens (primary N) is 1. The molecule has 2 aliphatic heterocycles. The Hall–Kier alpha value is -3.40. The van der Waals surface area contributed by atoms with Crippen LogP contribution in [0.1, 0.15) is 33.5 Å². The second kappa shape index (κ2) is 6.56. The zero-order valence-corrected chi connectivity index (χ0v) is 16.8. The van der Waals surface area contributed by atoms with Crippen molar-refractivity contribution in [1.82, 2.24) is 19.3 Å². The minimum absolute atomic E-state index is 0.208. The lowest BCUT2D eigenvalue weighted by Crippen LogP contribution is -2.49. The Morgan fingerprint density at radius 1 is 1.27 bits per heavy atom. The Balaban J connectivity index is 1.61. The van der Waals surface area contributed by atoms with Gasteiger partial charge in [0, 0.05) is 18.7 Å². The van der Waals surface area contributed by atoms with Crippen molar-refractivity contribution < 1.29 is 19.1 Å². The number of carbonyl (C=O) groups is 2. The molecule has 156 valence electrons. The van der Waals surface area contributed by atoms with Crippen LogP contribution in [-0.4, -0.2) is 51.0 Å². The molecule has 0 radical (unpaired) electrons. The third-order valence-electron chi connectivity index (χ3n) is 5.59. The number of nitrogens with zero attached hydrogens (tertiary/aromatic N) is 4. The number of hydrogen-bond acceptors (Lipinski definition) is 6. The standard InChI is InChI=1S/C20H22N6O4/c1-3-26-14(4-11(2)24-26)18(28)23-19-22-13-5-12(17(21)27)6-15-16(13)25(19)7-20(10-30-15)8-29-9-20/h4-6H,3,7-10H2,1-2H3,(H2,21,27)(H,22,23,28). The van der Waals surface area contributed by atoms with E-state index in [1.807, 2.05) is 18.4 Å². The summed E-state index contributed by atoms with van der Waals surface area (Å²) in [6, 6.07) is 4.99. The molecule has 0 unspecified atom stereocenters. The Morgan fingerprint density at radius 3 is 2.73 bits per heavy atom. The molecule has 10 nitrogen and oxygen atoms in total. The fraction of sp³-hybridized carbons (Fsp3) is 0.400. The minimum Gasteiger partial charge on any atom is -0.490 e. The number of aryl methyl sites for hydroxylation is 2. The number of primary amides is 1. The van der Waals surface area contributed by atoms with Gasteiger partial charge in [0.25, 0.3) is 5.91 Å². The maximum atomic E-state index is 13.0. The Bertz CT molecular complexity index is 1190. The molecule has 3 aromatic rings. The lowest BCUT2D eigenvalue weighted by Gasteiger charge is -2.40. The number of imidazole rings is 1. The Morgan fingerprint density at radius 2 is 2.07 bits per heavy atom. The van der Waals surface area contributed by atoms with Crippen molar-refractivity contribution >= 4 is 28.8 Å². The normalized spacial score (nSPS) is 16.7. The smallest absolute Gasteiger partial charge is 0.276 e. The first kappa shape index (κ1) is 18.6. The van der Waals surface area contributed by atoms with Crippen molar-refractivity contribution in [2.45, 2.75) is 26.9 Å². The van der Waals surface area contributed by atoms with Crippen LogP contribution in [0.5, 0.6) is 5.75 Å². The molecule has 2 aromatic heterocycles. The Labute approximate surface area is 171 Å². The van der Waals surface area contributed by atoms with Crippen molar-refractivity contribution in [3.05, 3.63) is 35.2 Å². The lowest BCUT2D eigenvalue weighted by atomic mass is 9.87. The van der Waals surface area contributed by atoms with Gasteiger partial charge in [-0.1, -0.05) is 0 Å². The molecule has 1 aromatic carbocycles. The first-order valence-electron chi connectivity index (χ1n) is 9.79. The Kier molecular flexibility index (Phi) is 4.07. The van der Waals surface area contributed by atoms with Gasteiger partial charge in [0.15, 0.2) is 0 Å². The highest BCUT2D eigenvalue weighted by Crippen LogP contribution is 2.40. The van der Waals surface area contributed by atoms with Gasteiger partial charge in [0.2, 0.25) is 11.9 Å². The molecule has 2 aliphatic rings. The number of hydrogen-bond donors (Lipinski definition) is 2. The van der Waals surface area contributed by atoms with Gasteiger partial charge >= 0.3 is 0 Å². The molecule has 2 amide bonds. The number of benzene rings is 1. The summed E-state index contributed by atoms with van der Waals surface area (Å²) in [7, 11) is 0. The van der Waals surface area contributed by atoms with Crippen LogP contribution in [0.25, 0.3) is 11.0 Å². The predicted octanol–water partition coefficient (Wildman–Crippen LogP) is 1.32. The van der Waals surface area contributed by atoms with Crippen LogP contribution < -0.4 is 15.8 Å². The summed E-state index contributed by atoms with van der Waals surface area (Å²) in [4.78, 5) is 29.4. The van der Waals surface area contributed by atoms with Gasteiger partial charge in [-0.05, 0) is 32.0 Å². The van der Waals surface area contributed by atoms with E-state index in [9.17, 15) is 9.59 Å². The summed E-state index contributed by atoms with van der Waals surface area (Å²) in [5, 5.41) is 7.25. The highest BCUT2D eigenvalue weighted by atomic mass is 16.5. The van der Waals surface area contributed by atoms with Crippen molar-refractivity contribution in [2.24, 2.45) is 11.1 Å². The number of aromatic nitrogens is 4. The summed E-state index contributed by atoms with van der Waals surface area (Å²) < 4.78 is 15.1. The highest BCUT2D eigenvalue weighted by Gasteiger charge is 2.43. The summed E-state index contributed by atoms with van der Waals surface area (Å²) in [5.74, 6) is 0.0403. The molecule has 0 atom stereocenters. The number of rotatable bonds is 4. The van der Waals surface area contributed by atoms with Crippen LogP contribution in [0.2, 0.25) is 0 Å². The van der Waals surface area contributed by atoms with E-state index in [1.165, 1.54) is 0 Å². The topological polar surface area (TPSA) is 126 Å². The average molecular weight is 410 g/mol. The average Bonchev–Trinajstić information content (AvgIpc) is 3.16. The zero-order valence-electron chi connectivity index (χ0n) is 16.8. The van der Waals surface area contributed by atoms with Gasteiger partial charge in [0.05, 0.1) is 29.8 Å². The third-order valence-corrected chi connectivity index (χ3v) is 5.59. The largest absolute Gasteiger partial charge is 0.490 e. The summed E-state index contributed by atoms with van der Waals surface area (Å²) in [6.07, 6.45) is 0. The lowest BCUT2D eigenvalue weighted by molar-refractivity contribution is -0.137. The molecule has 1 saturated heterocycles. The van der Waals surface area contributed by atoms with E-state index in [-0.39, 0.29) is 11.3 Å². The molecule has 0 aliphatic carbocycles. The summed E-state index contributed by atoms with van der Waals surface area (Å²) in [6.45, 7) is 6.48. The van der Waals surface area contributed by atoms with E-state index in [1.54, 1.807) is 22.9 Å². The number of nitrogens with one attached hydrogen (secondary N) is 1. The van der Waals surface area contributed by atoms with Gasteiger partial charge in [-0.15, -0.1) is 0 Å².